The fourth-order valence-electron chi connectivity index (χ4n) is 0.846. The SMILES string of the molecule is CC(C#N)N(C)C(=O)C(C)(C)S(C)(=O)=O. The Kier molecular flexibility index (Phi) is 3.88. The first-order chi connectivity index (χ1) is 6.55. The Hall–Kier alpha value is -1.09. The van der Waals surface area contributed by atoms with Crippen molar-refractivity contribution in [3.8, 4) is 6.07 Å². The summed E-state index contributed by atoms with van der Waals surface area (Å²) in [6, 6.07) is 1.24. The van der Waals surface area contributed by atoms with Gasteiger partial charge < -0.3 is 4.90 Å². The quantitative estimate of drug-likeness (QED) is 0.695. The van der Waals surface area contributed by atoms with Gasteiger partial charge in [-0.15, -0.1) is 0 Å². The van der Waals surface area contributed by atoms with E-state index < -0.39 is 26.5 Å². The first-order valence-electron chi connectivity index (χ1n) is 4.42. The van der Waals surface area contributed by atoms with Crippen LogP contribution in [0.25, 0.3) is 0 Å². The Morgan fingerprint density at radius 2 is 1.87 bits per heavy atom. The molecular formula is C9H16N2O3S. The van der Waals surface area contributed by atoms with Gasteiger partial charge in [-0.25, -0.2) is 8.42 Å². The number of nitrogens with zero attached hydrogens (tertiary/aromatic N) is 2. The van der Waals surface area contributed by atoms with Crippen LogP contribution in [0.3, 0.4) is 0 Å². The molecule has 15 heavy (non-hydrogen) atoms. The third-order valence-corrected chi connectivity index (χ3v) is 4.56. The average molecular weight is 232 g/mol. The molecule has 0 aliphatic rings. The number of hydrogen-bond donors (Lipinski definition) is 0. The van der Waals surface area contributed by atoms with Gasteiger partial charge in [0.05, 0.1) is 6.07 Å². The van der Waals surface area contributed by atoms with Gasteiger partial charge in [-0.1, -0.05) is 0 Å². The molecule has 0 aromatic rings. The maximum atomic E-state index is 11.8. The molecule has 0 aliphatic carbocycles. The maximum absolute atomic E-state index is 11.8. The molecule has 0 saturated carbocycles. The summed E-state index contributed by atoms with van der Waals surface area (Å²) in [5, 5.41) is 8.63. The van der Waals surface area contributed by atoms with Crippen molar-refractivity contribution in [2.75, 3.05) is 13.3 Å². The highest BCUT2D eigenvalue weighted by atomic mass is 32.2. The molecule has 0 aromatic carbocycles. The molecular weight excluding hydrogens is 216 g/mol. The molecule has 86 valence electrons. The van der Waals surface area contributed by atoms with Crippen molar-refractivity contribution in [2.45, 2.75) is 31.6 Å². The summed E-state index contributed by atoms with van der Waals surface area (Å²) in [4.78, 5) is 12.9. The second-order valence-corrected chi connectivity index (χ2v) is 6.57. The van der Waals surface area contributed by atoms with Gasteiger partial charge in [0.2, 0.25) is 5.91 Å². The topological polar surface area (TPSA) is 78.2 Å². The van der Waals surface area contributed by atoms with Gasteiger partial charge in [0.15, 0.2) is 9.84 Å². The summed E-state index contributed by atoms with van der Waals surface area (Å²) in [5.41, 5.74) is 0. The van der Waals surface area contributed by atoms with Crippen molar-refractivity contribution in [3.63, 3.8) is 0 Å². The van der Waals surface area contributed by atoms with Crippen molar-refractivity contribution in [1.29, 1.82) is 5.26 Å². The van der Waals surface area contributed by atoms with E-state index in [0.717, 1.165) is 11.2 Å². The zero-order valence-corrected chi connectivity index (χ0v) is 10.4. The lowest BCUT2D eigenvalue weighted by Crippen LogP contribution is -2.50. The highest BCUT2D eigenvalue weighted by molar-refractivity contribution is 7.92. The molecule has 0 fully saturated rings. The molecule has 1 atom stereocenters. The Bertz CT molecular complexity index is 392. The molecule has 1 unspecified atom stereocenters. The molecule has 6 heteroatoms. The van der Waals surface area contributed by atoms with E-state index in [4.69, 9.17) is 5.26 Å². The largest absolute Gasteiger partial charge is 0.329 e. The summed E-state index contributed by atoms with van der Waals surface area (Å²) < 4.78 is 21.3. The Labute approximate surface area is 90.6 Å². The molecule has 0 radical (unpaired) electrons. The predicted octanol–water partition coefficient (Wildman–Crippen LogP) is 0.180. The van der Waals surface area contributed by atoms with Crippen LogP contribution in [0.15, 0.2) is 0 Å². The lowest BCUT2D eigenvalue weighted by Gasteiger charge is -2.29. The van der Waals surface area contributed by atoms with Crippen molar-refractivity contribution in [1.82, 2.24) is 4.90 Å². The Morgan fingerprint density at radius 3 is 2.13 bits per heavy atom. The van der Waals surface area contributed by atoms with Crippen molar-refractivity contribution < 1.29 is 13.2 Å². The number of carbonyl (C=O) groups excluding carboxylic acids is 1. The molecule has 0 rings (SSSR count). The molecule has 0 aromatic heterocycles. The molecule has 0 saturated heterocycles. The van der Waals surface area contributed by atoms with Crippen LogP contribution in [0.2, 0.25) is 0 Å². The molecule has 5 nitrogen and oxygen atoms in total. The fourth-order valence-corrected chi connectivity index (χ4v) is 1.31. The van der Waals surface area contributed by atoms with Crippen LogP contribution < -0.4 is 0 Å². The van der Waals surface area contributed by atoms with Crippen LogP contribution in [-0.4, -0.2) is 43.3 Å². The monoisotopic (exact) mass is 232 g/mol. The summed E-state index contributed by atoms with van der Waals surface area (Å²) in [6.07, 6.45) is 1.01. The van der Waals surface area contributed by atoms with Crippen LogP contribution in [0.4, 0.5) is 0 Å². The smallest absolute Gasteiger partial charge is 0.244 e. The van der Waals surface area contributed by atoms with Crippen molar-refractivity contribution >= 4 is 15.7 Å². The average Bonchev–Trinajstić information content (AvgIpc) is 2.12. The van der Waals surface area contributed by atoms with Gasteiger partial charge in [0.25, 0.3) is 0 Å². The number of rotatable bonds is 3. The van der Waals surface area contributed by atoms with Gasteiger partial charge in [-0.2, -0.15) is 5.26 Å². The second-order valence-electron chi connectivity index (χ2n) is 4.00. The minimum absolute atomic E-state index is 0.570. The van der Waals surface area contributed by atoms with Crippen molar-refractivity contribution in [3.05, 3.63) is 0 Å². The molecule has 0 spiro atoms. The van der Waals surface area contributed by atoms with E-state index in [0.29, 0.717) is 0 Å². The third-order valence-electron chi connectivity index (χ3n) is 2.53. The Balaban J connectivity index is 5.14. The molecule has 0 N–H and O–H groups in total. The number of hydrogen-bond acceptors (Lipinski definition) is 4. The molecule has 0 bridgehead atoms. The molecule has 0 aliphatic heterocycles. The van der Waals surface area contributed by atoms with Gasteiger partial charge >= 0.3 is 0 Å². The summed E-state index contributed by atoms with van der Waals surface area (Å²) in [6.45, 7) is 4.22. The molecule has 1 amide bonds. The number of nitriles is 1. The fraction of sp³-hybridized carbons (Fsp3) is 0.778. The minimum Gasteiger partial charge on any atom is -0.329 e. The van der Waals surface area contributed by atoms with Gasteiger partial charge in [-0.3, -0.25) is 4.79 Å². The van der Waals surface area contributed by atoms with Crippen LogP contribution in [0.1, 0.15) is 20.8 Å². The highest BCUT2D eigenvalue weighted by Gasteiger charge is 2.41. The van der Waals surface area contributed by atoms with Gasteiger partial charge in [0, 0.05) is 13.3 Å². The van der Waals surface area contributed by atoms with E-state index in [1.54, 1.807) is 0 Å². The zero-order valence-electron chi connectivity index (χ0n) is 9.60. The van der Waals surface area contributed by atoms with E-state index >= 15 is 0 Å². The lowest BCUT2D eigenvalue weighted by atomic mass is 10.1. The van der Waals surface area contributed by atoms with E-state index in [2.05, 4.69) is 0 Å². The van der Waals surface area contributed by atoms with Crippen LogP contribution >= 0.6 is 0 Å². The zero-order chi connectivity index (χ0) is 12.4. The van der Waals surface area contributed by atoms with Gasteiger partial charge in [-0.05, 0) is 20.8 Å². The maximum Gasteiger partial charge on any atom is 0.244 e. The van der Waals surface area contributed by atoms with E-state index in [1.165, 1.54) is 27.8 Å². The first kappa shape index (κ1) is 13.9. The third kappa shape index (κ3) is 2.69. The highest BCUT2D eigenvalue weighted by Crippen LogP contribution is 2.18. The Morgan fingerprint density at radius 1 is 1.47 bits per heavy atom. The van der Waals surface area contributed by atoms with Crippen LogP contribution in [0, 0.1) is 11.3 Å². The van der Waals surface area contributed by atoms with Crippen LogP contribution in [-0.2, 0) is 14.6 Å². The van der Waals surface area contributed by atoms with Crippen LogP contribution in [0.5, 0.6) is 0 Å². The summed E-state index contributed by atoms with van der Waals surface area (Å²) >= 11 is 0. The first-order valence-corrected chi connectivity index (χ1v) is 6.31. The standard InChI is InChI=1S/C9H16N2O3S/c1-7(6-10)11(4)8(12)9(2,3)15(5,13)14/h7H,1-5H3. The van der Waals surface area contributed by atoms with E-state index in [9.17, 15) is 13.2 Å². The summed E-state index contributed by atoms with van der Waals surface area (Å²) in [5.74, 6) is -0.570. The summed E-state index contributed by atoms with van der Waals surface area (Å²) in [7, 11) is -2.07. The van der Waals surface area contributed by atoms with Crippen molar-refractivity contribution in [2.24, 2.45) is 0 Å². The normalized spacial score (nSPS) is 14.1. The number of carbonyl (C=O) groups is 1. The minimum atomic E-state index is -3.49. The van der Waals surface area contributed by atoms with E-state index in [-0.39, 0.29) is 0 Å². The second kappa shape index (κ2) is 4.19. The number of amides is 1. The molecule has 0 heterocycles. The predicted molar refractivity (Wildman–Crippen MR) is 56.8 cm³/mol. The van der Waals surface area contributed by atoms with E-state index in [1.807, 2.05) is 6.07 Å². The van der Waals surface area contributed by atoms with Gasteiger partial charge in [0.1, 0.15) is 10.8 Å². The lowest BCUT2D eigenvalue weighted by molar-refractivity contribution is -0.132. The number of sulfone groups is 1.